The number of aliphatic hydroxyl groups excluding tert-OH is 2. The lowest BCUT2D eigenvalue weighted by molar-refractivity contribution is 0.215. The number of ether oxygens (including phenoxy) is 1. The molecule has 13 heteroatoms. The van der Waals surface area contributed by atoms with Crippen LogP contribution in [0.4, 0.5) is 0 Å². The van der Waals surface area contributed by atoms with Crippen LogP contribution >= 0.6 is 11.3 Å². The molecule has 4 N–H and O–H groups in total. The first-order valence-corrected chi connectivity index (χ1v) is 14.1. The molecule has 44 heavy (non-hydrogen) atoms. The summed E-state index contributed by atoms with van der Waals surface area (Å²) in [6.07, 6.45) is 1.31. The van der Waals surface area contributed by atoms with E-state index in [4.69, 9.17) is 9.57 Å². The van der Waals surface area contributed by atoms with E-state index in [2.05, 4.69) is 10.1 Å². The fraction of sp³-hybridized carbons (Fsp3) is 0.161. The molecule has 7 rings (SSSR count). The summed E-state index contributed by atoms with van der Waals surface area (Å²) in [7, 11) is 2.46. The summed E-state index contributed by atoms with van der Waals surface area (Å²) in [4.78, 5) is 74.2. The van der Waals surface area contributed by atoms with Crippen LogP contribution in [0.25, 0.3) is 33.4 Å². The Kier molecular flexibility index (Phi) is 5.72. The molecule has 220 valence electrons. The molecular weight excluding hydrogens is 592 g/mol. The third-order valence-corrected chi connectivity index (χ3v) is 9.24. The van der Waals surface area contributed by atoms with Crippen LogP contribution in [-0.2, 0) is 16.7 Å². The second-order valence-electron chi connectivity index (χ2n) is 10.5. The molecule has 4 aliphatic carbocycles. The fourth-order valence-corrected chi connectivity index (χ4v) is 7.43. The highest BCUT2D eigenvalue weighted by Gasteiger charge is 2.54. The Morgan fingerprint density at radius 1 is 0.955 bits per heavy atom. The largest absolute Gasteiger partial charge is 0.510 e. The molecule has 4 aliphatic rings. The minimum absolute atomic E-state index is 0.0636. The predicted octanol–water partition coefficient (Wildman–Crippen LogP) is 0.222. The van der Waals surface area contributed by atoms with Crippen LogP contribution in [0.15, 0.2) is 58.1 Å². The maximum absolute atomic E-state index is 13.8. The number of thiophene rings is 1. The van der Waals surface area contributed by atoms with E-state index in [1.807, 2.05) is 10.8 Å². The Balaban J connectivity index is 1.69. The molecule has 0 fully saturated rings. The van der Waals surface area contributed by atoms with Crippen molar-refractivity contribution in [1.82, 2.24) is 4.98 Å². The summed E-state index contributed by atoms with van der Waals surface area (Å²) in [6.45, 7) is 0. The number of nitrogens with zero attached hydrogens (tertiary/aromatic N) is 1. The smallest absolute Gasteiger partial charge is 0.260 e. The number of H-pyrrole nitrogens is 1. The van der Waals surface area contributed by atoms with E-state index < -0.39 is 76.6 Å². The number of aromatic amines is 1. The second kappa shape index (κ2) is 9.22. The zero-order chi connectivity index (χ0) is 31.2. The molecule has 0 radical (unpaired) electrons. The fourth-order valence-electron chi connectivity index (χ4n) is 6.78. The zero-order valence-electron chi connectivity index (χ0n) is 22.9. The van der Waals surface area contributed by atoms with E-state index in [-0.39, 0.29) is 29.5 Å². The molecule has 3 aromatic rings. The average molecular weight is 613 g/mol. The van der Waals surface area contributed by atoms with Gasteiger partial charge in [-0.3, -0.25) is 24.0 Å². The summed E-state index contributed by atoms with van der Waals surface area (Å²) in [5.74, 6) is -2.56. The molecule has 0 saturated carbocycles. The van der Waals surface area contributed by atoms with Gasteiger partial charge in [-0.2, -0.15) is 11.3 Å². The van der Waals surface area contributed by atoms with Crippen molar-refractivity contribution in [1.29, 1.82) is 0 Å². The summed E-state index contributed by atoms with van der Waals surface area (Å²) >= 11 is 1.38. The van der Waals surface area contributed by atoms with Crippen molar-refractivity contribution >= 4 is 39.8 Å². The van der Waals surface area contributed by atoms with E-state index in [1.54, 1.807) is 12.1 Å². The minimum Gasteiger partial charge on any atom is -0.510 e. The number of hydrogen-bond donors (Lipinski definition) is 4. The third-order valence-electron chi connectivity index (χ3n) is 8.55. The van der Waals surface area contributed by atoms with Gasteiger partial charge in [-0.15, -0.1) is 0 Å². The van der Waals surface area contributed by atoms with Crippen LogP contribution in [0.1, 0.15) is 23.2 Å². The number of pyridine rings is 1. The van der Waals surface area contributed by atoms with Gasteiger partial charge < -0.3 is 29.9 Å². The van der Waals surface area contributed by atoms with Gasteiger partial charge >= 0.3 is 0 Å². The molecule has 2 heterocycles. The van der Waals surface area contributed by atoms with Crippen LogP contribution in [0, 0.1) is 10.4 Å². The highest BCUT2D eigenvalue weighted by molar-refractivity contribution is 7.08. The Bertz CT molecular complexity index is 2620. The van der Waals surface area contributed by atoms with Crippen LogP contribution in [-0.4, -0.2) is 40.7 Å². The van der Waals surface area contributed by atoms with Crippen LogP contribution in [0.2, 0.25) is 0 Å². The monoisotopic (exact) mass is 612 g/mol. The van der Waals surface area contributed by atoms with Crippen molar-refractivity contribution in [3.63, 3.8) is 0 Å². The Morgan fingerprint density at radius 3 is 2.30 bits per heavy atom. The molecule has 0 bridgehead atoms. The van der Waals surface area contributed by atoms with Crippen LogP contribution in [0.3, 0.4) is 0 Å². The number of hydrogen-bond acceptors (Lipinski definition) is 12. The topological polar surface area (TPSA) is 193 Å². The van der Waals surface area contributed by atoms with Gasteiger partial charge in [0.25, 0.3) is 5.56 Å². The molecule has 1 spiro atoms. The molecule has 1 atom stereocenters. The normalized spacial score (nSPS) is 17.3. The maximum atomic E-state index is 13.8. The average Bonchev–Trinajstić information content (AvgIpc) is 3.72. The van der Waals surface area contributed by atoms with Crippen LogP contribution in [0.5, 0.6) is 11.5 Å². The summed E-state index contributed by atoms with van der Waals surface area (Å²) in [6, 6.07) is 4.20. The molecule has 0 saturated heterocycles. The van der Waals surface area contributed by atoms with Crippen molar-refractivity contribution in [2.75, 3.05) is 14.2 Å². The number of aromatic nitrogens is 1. The number of phenols is 1. The van der Waals surface area contributed by atoms with E-state index in [1.165, 1.54) is 24.7 Å². The number of phenolic OH excluding ortho intramolecular Hbond substituents is 1. The molecule has 0 amide bonds. The lowest BCUT2D eigenvalue weighted by atomic mass is 9.77. The van der Waals surface area contributed by atoms with Gasteiger partial charge in [0.1, 0.15) is 29.8 Å². The number of nitrogens with one attached hydrogen (secondary N) is 1. The van der Waals surface area contributed by atoms with Crippen molar-refractivity contribution in [2.45, 2.75) is 18.3 Å². The first-order chi connectivity index (χ1) is 21.1. The number of benzene rings is 1. The third kappa shape index (κ3) is 3.21. The van der Waals surface area contributed by atoms with Gasteiger partial charge in [0.2, 0.25) is 16.3 Å². The quantitative estimate of drug-likeness (QED) is 0.161. The Morgan fingerprint density at radius 2 is 1.66 bits per heavy atom. The van der Waals surface area contributed by atoms with E-state index in [9.17, 15) is 39.3 Å². The lowest BCUT2D eigenvalue weighted by Gasteiger charge is -2.28. The highest BCUT2D eigenvalue weighted by atomic mass is 32.1. The van der Waals surface area contributed by atoms with Gasteiger partial charge in [-0.1, -0.05) is 5.16 Å². The van der Waals surface area contributed by atoms with Gasteiger partial charge in [0, 0.05) is 17.0 Å². The first-order valence-electron chi connectivity index (χ1n) is 13.2. The number of rotatable bonds is 4. The number of aliphatic hydroxyl groups is 2. The van der Waals surface area contributed by atoms with Crippen molar-refractivity contribution in [2.24, 2.45) is 5.16 Å². The van der Waals surface area contributed by atoms with Crippen molar-refractivity contribution < 1.29 is 24.9 Å². The Labute approximate surface area is 247 Å². The number of methoxy groups -OCH3 is 1. The predicted molar refractivity (Wildman–Crippen MR) is 161 cm³/mol. The van der Waals surface area contributed by atoms with Gasteiger partial charge in [0.15, 0.2) is 11.2 Å². The molecule has 2 aromatic heterocycles. The summed E-state index contributed by atoms with van der Waals surface area (Å²) in [5, 5.41) is 40.1. The molecule has 1 unspecified atom stereocenters. The SMILES string of the molecule is CO/N=C/c1cc2c(-c3ccsc3)c3c(c(O)c2c(=O)[nH]1)C1(CC3)C(O)=c2c(=O)c3c(=O)cc(OC)c(=O)c=3c(=O)c2=C1O. The van der Waals surface area contributed by atoms with E-state index >= 15 is 0 Å². The maximum Gasteiger partial charge on any atom is 0.260 e. The summed E-state index contributed by atoms with van der Waals surface area (Å²) < 4.78 is 4.93. The van der Waals surface area contributed by atoms with Gasteiger partial charge in [-0.25, -0.2) is 0 Å². The van der Waals surface area contributed by atoms with Gasteiger partial charge in [-0.05, 0) is 52.4 Å². The number of fused-ring (bicyclic) bond motifs is 4. The standard InChI is InChI=1S/C31H20N2O10S/c1-42-16-8-15(34)19-20(24(16)35)26(37)22-21(25(19)36)28(39)31(29(22)40)5-3-13-17(11-4-6-44-10-11)14-7-12(9-32-43-2)33-30(41)18(14)27(38)23(13)31/h4,6-10,38-40H,3,5H2,1-2H3,(H,33,41)/b32-9+. The number of aromatic hydroxyl groups is 1. The molecular formula is C31H20N2O10S. The highest BCUT2D eigenvalue weighted by Crippen LogP contribution is 2.57. The lowest BCUT2D eigenvalue weighted by Crippen LogP contribution is -2.51. The molecule has 12 nitrogen and oxygen atoms in total. The van der Waals surface area contributed by atoms with Crippen molar-refractivity contribution in [3.8, 4) is 22.6 Å². The van der Waals surface area contributed by atoms with E-state index in [0.717, 1.165) is 13.2 Å². The minimum atomic E-state index is -2.02. The molecule has 1 aromatic carbocycles. The number of oxime groups is 1. The van der Waals surface area contributed by atoms with Crippen LogP contribution < -0.4 is 42.4 Å². The van der Waals surface area contributed by atoms with E-state index in [0.29, 0.717) is 22.1 Å². The van der Waals surface area contributed by atoms with Crippen molar-refractivity contribution in [3.05, 3.63) is 118 Å². The Hall–Kier alpha value is -5.56. The van der Waals surface area contributed by atoms with Gasteiger partial charge in [0.05, 0.1) is 45.3 Å². The summed E-state index contributed by atoms with van der Waals surface area (Å²) in [5.41, 5.74) is -5.08. The second-order valence-corrected chi connectivity index (χ2v) is 11.3. The first kappa shape index (κ1) is 27.3. The zero-order valence-corrected chi connectivity index (χ0v) is 23.7. The molecule has 0 aliphatic heterocycles.